The van der Waals surface area contributed by atoms with Crippen molar-refractivity contribution in [3.05, 3.63) is 11.6 Å². The number of fused-ring (bicyclic) bond motifs is 5. The quantitative estimate of drug-likeness (QED) is 0.440. The van der Waals surface area contributed by atoms with Crippen molar-refractivity contribution in [3.63, 3.8) is 0 Å². The SMILES string of the molecule is CCC12C3=CC[C@H]4C[C@@H](O)CC[C@]4(C)[C@H]3CC[C@]1(C)[C@@H]([C@H](C)CCCC(C)C)C[C@@H]2O. The molecule has 0 spiro atoms. The molecule has 2 N–H and O–H groups in total. The lowest BCUT2D eigenvalue weighted by Gasteiger charge is -2.62. The zero-order valence-corrected chi connectivity index (χ0v) is 21.3. The van der Waals surface area contributed by atoms with E-state index in [0.29, 0.717) is 29.1 Å². The summed E-state index contributed by atoms with van der Waals surface area (Å²) >= 11 is 0. The number of hydrogen-bond donors (Lipinski definition) is 2. The predicted octanol–water partition coefficient (Wildman–Crippen LogP) is 7.14. The molecular weight excluding hydrogens is 380 g/mol. The molecule has 1 unspecified atom stereocenters. The maximum absolute atomic E-state index is 11.8. The molecule has 0 bridgehead atoms. The molecule has 4 rings (SSSR count). The minimum atomic E-state index is -0.191. The van der Waals surface area contributed by atoms with E-state index in [1.165, 1.54) is 32.1 Å². The fourth-order valence-electron chi connectivity index (χ4n) is 9.51. The molecule has 31 heavy (non-hydrogen) atoms. The van der Waals surface area contributed by atoms with Crippen molar-refractivity contribution in [1.82, 2.24) is 0 Å². The highest BCUT2D eigenvalue weighted by Gasteiger charge is 2.68. The van der Waals surface area contributed by atoms with Crippen LogP contribution in [-0.4, -0.2) is 22.4 Å². The van der Waals surface area contributed by atoms with Crippen LogP contribution in [0.4, 0.5) is 0 Å². The van der Waals surface area contributed by atoms with Crippen LogP contribution >= 0.6 is 0 Å². The lowest BCUT2D eigenvalue weighted by molar-refractivity contribution is -0.0908. The van der Waals surface area contributed by atoms with Gasteiger partial charge in [0.05, 0.1) is 12.2 Å². The molecule has 2 nitrogen and oxygen atoms in total. The molecule has 9 atom stereocenters. The average molecular weight is 431 g/mol. The van der Waals surface area contributed by atoms with Gasteiger partial charge in [-0.2, -0.15) is 0 Å². The van der Waals surface area contributed by atoms with E-state index in [1.54, 1.807) is 5.57 Å². The number of aliphatic hydroxyl groups is 2. The van der Waals surface area contributed by atoms with Crippen molar-refractivity contribution >= 4 is 0 Å². The van der Waals surface area contributed by atoms with Crippen molar-refractivity contribution in [2.24, 2.45) is 45.8 Å². The Hall–Kier alpha value is -0.340. The third kappa shape index (κ3) is 3.49. The first kappa shape index (κ1) is 23.8. The summed E-state index contributed by atoms with van der Waals surface area (Å²) in [5.41, 5.74) is 2.14. The predicted molar refractivity (Wildman–Crippen MR) is 130 cm³/mol. The van der Waals surface area contributed by atoms with Gasteiger partial charge in [0.1, 0.15) is 0 Å². The molecule has 3 fully saturated rings. The maximum Gasteiger partial charge on any atom is 0.0641 e. The summed E-state index contributed by atoms with van der Waals surface area (Å²) in [6.45, 7) is 14.6. The molecule has 0 amide bonds. The lowest BCUT2D eigenvalue weighted by Crippen LogP contribution is -2.56. The smallest absolute Gasteiger partial charge is 0.0641 e. The van der Waals surface area contributed by atoms with Gasteiger partial charge in [-0.15, -0.1) is 0 Å². The highest BCUT2D eigenvalue weighted by Crippen LogP contribution is 2.73. The van der Waals surface area contributed by atoms with Crippen LogP contribution in [0.15, 0.2) is 11.6 Å². The van der Waals surface area contributed by atoms with E-state index in [0.717, 1.165) is 44.4 Å². The van der Waals surface area contributed by atoms with E-state index in [-0.39, 0.29) is 23.0 Å². The van der Waals surface area contributed by atoms with Crippen molar-refractivity contribution in [3.8, 4) is 0 Å². The lowest BCUT2D eigenvalue weighted by atomic mass is 9.42. The second-order valence-electron chi connectivity index (χ2n) is 13.0. The first-order valence-electron chi connectivity index (χ1n) is 13.7. The van der Waals surface area contributed by atoms with Crippen LogP contribution in [0, 0.1) is 45.8 Å². The molecule has 0 aliphatic heterocycles. The van der Waals surface area contributed by atoms with Gasteiger partial charge in [0, 0.05) is 5.41 Å². The zero-order valence-electron chi connectivity index (χ0n) is 21.3. The van der Waals surface area contributed by atoms with E-state index < -0.39 is 0 Å². The topological polar surface area (TPSA) is 40.5 Å². The Balaban J connectivity index is 1.65. The highest BCUT2D eigenvalue weighted by molar-refractivity contribution is 5.35. The molecule has 4 aliphatic rings. The van der Waals surface area contributed by atoms with Crippen molar-refractivity contribution in [1.29, 1.82) is 0 Å². The zero-order chi connectivity index (χ0) is 22.6. The first-order chi connectivity index (χ1) is 14.6. The minimum absolute atomic E-state index is 0.0308. The second-order valence-corrected chi connectivity index (χ2v) is 13.0. The monoisotopic (exact) mass is 430 g/mol. The number of allylic oxidation sites excluding steroid dienone is 1. The molecule has 4 aliphatic carbocycles. The Morgan fingerprint density at radius 2 is 1.77 bits per heavy atom. The molecular formula is C29H50O2. The highest BCUT2D eigenvalue weighted by atomic mass is 16.3. The average Bonchev–Trinajstić information content (AvgIpc) is 2.95. The van der Waals surface area contributed by atoms with E-state index in [1.807, 2.05) is 0 Å². The minimum Gasteiger partial charge on any atom is -0.393 e. The van der Waals surface area contributed by atoms with Gasteiger partial charge in [0.15, 0.2) is 0 Å². The molecule has 0 saturated heterocycles. The molecule has 3 saturated carbocycles. The molecule has 2 heteroatoms. The van der Waals surface area contributed by atoms with Gasteiger partial charge >= 0.3 is 0 Å². The van der Waals surface area contributed by atoms with Crippen LogP contribution in [0.5, 0.6) is 0 Å². The van der Waals surface area contributed by atoms with Crippen molar-refractivity contribution in [2.75, 3.05) is 0 Å². The molecule has 0 radical (unpaired) electrons. The van der Waals surface area contributed by atoms with Gasteiger partial charge in [-0.3, -0.25) is 0 Å². The van der Waals surface area contributed by atoms with Gasteiger partial charge in [-0.1, -0.05) is 72.5 Å². The van der Waals surface area contributed by atoms with Gasteiger partial charge < -0.3 is 10.2 Å². The van der Waals surface area contributed by atoms with Gasteiger partial charge in [0.2, 0.25) is 0 Å². The van der Waals surface area contributed by atoms with E-state index in [2.05, 4.69) is 47.6 Å². The third-order valence-electron chi connectivity index (χ3n) is 11.3. The summed E-state index contributed by atoms with van der Waals surface area (Å²) < 4.78 is 0. The number of hydrogen-bond acceptors (Lipinski definition) is 2. The summed E-state index contributed by atoms with van der Waals surface area (Å²) in [5.74, 6) is 3.34. The third-order valence-corrected chi connectivity index (χ3v) is 11.3. The Kier molecular flexibility index (Phi) is 6.50. The van der Waals surface area contributed by atoms with Gasteiger partial charge in [0.25, 0.3) is 0 Å². The Morgan fingerprint density at radius 3 is 2.45 bits per heavy atom. The maximum atomic E-state index is 11.8. The van der Waals surface area contributed by atoms with Crippen LogP contribution in [0.3, 0.4) is 0 Å². The summed E-state index contributed by atoms with van der Waals surface area (Å²) in [5, 5.41) is 22.1. The van der Waals surface area contributed by atoms with Crippen molar-refractivity contribution in [2.45, 2.75) is 124 Å². The fourth-order valence-corrected chi connectivity index (χ4v) is 9.51. The number of rotatable bonds is 6. The fraction of sp³-hybridized carbons (Fsp3) is 0.931. The molecule has 0 aromatic carbocycles. The molecule has 0 aromatic heterocycles. The molecule has 0 heterocycles. The number of aliphatic hydroxyl groups excluding tert-OH is 2. The van der Waals surface area contributed by atoms with E-state index in [4.69, 9.17) is 0 Å². The van der Waals surface area contributed by atoms with Crippen LogP contribution in [-0.2, 0) is 0 Å². The normalized spacial score (nSPS) is 48.0. The van der Waals surface area contributed by atoms with E-state index in [9.17, 15) is 10.2 Å². The largest absolute Gasteiger partial charge is 0.393 e. The Bertz CT molecular complexity index is 682. The van der Waals surface area contributed by atoms with Crippen LogP contribution < -0.4 is 0 Å². The summed E-state index contributed by atoms with van der Waals surface area (Å²) in [4.78, 5) is 0. The standard InChI is InChI=1S/C29H50O2/c1-7-29-24-12-11-21-17-22(30)13-15-27(21,5)23(24)14-16-28(29,6)25(18-26(29)31)20(4)10-8-9-19(2)3/h12,19-23,25-26,30-31H,7-11,13-18H2,1-6H3/t20-,21+,22+,23+,25-,26+,27+,28-,29?/m1/s1. The second kappa shape index (κ2) is 8.46. The van der Waals surface area contributed by atoms with Crippen molar-refractivity contribution < 1.29 is 10.2 Å². The van der Waals surface area contributed by atoms with Crippen LogP contribution in [0.2, 0.25) is 0 Å². The Morgan fingerprint density at radius 1 is 1.03 bits per heavy atom. The summed E-state index contributed by atoms with van der Waals surface area (Å²) in [6.07, 6.45) is 15.1. The van der Waals surface area contributed by atoms with Crippen LogP contribution in [0.1, 0.15) is 112 Å². The van der Waals surface area contributed by atoms with E-state index >= 15 is 0 Å². The summed E-state index contributed by atoms with van der Waals surface area (Å²) in [6, 6.07) is 0. The molecule has 178 valence electrons. The van der Waals surface area contributed by atoms with Crippen LogP contribution in [0.25, 0.3) is 0 Å². The molecule has 0 aromatic rings. The van der Waals surface area contributed by atoms with Gasteiger partial charge in [-0.25, -0.2) is 0 Å². The van der Waals surface area contributed by atoms with Gasteiger partial charge in [-0.05, 0) is 91.8 Å². The summed E-state index contributed by atoms with van der Waals surface area (Å²) in [7, 11) is 0. The Labute approximate surface area is 192 Å². The first-order valence-corrected chi connectivity index (χ1v) is 13.7.